The van der Waals surface area contributed by atoms with Crippen LogP contribution in [0.25, 0.3) is 0 Å². The lowest BCUT2D eigenvalue weighted by Crippen LogP contribution is -2.35. The van der Waals surface area contributed by atoms with Gasteiger partial charge in [-0.3, -0.25) is 19.3 Å². The van der Waals surface area contributed by atoms with E-state index < -0.39 is 0 Å². The van der Waals surface area contributed by atoms with E-state index in [-0.39, 0.29) is 29.6 Å². The fourth-order valence-electron chi connectivity index (χ4n) is 3.16. The minimum atomic E-state index is -0.235. The molecule has 3 amide bonds. The molecule has 1 aromatic carbocycles. The first-order chi connectivity index (χ1) is 10.6. The van der Waals surface area contributed by atoms with Crippen molar-refractivity contribution in [2.75, 3.05) is 19.6 Å². The van der Waals surface area contributed by atoms with Crippen LogP contribution in [0, 0.1) is 11.8 Å². The van der Waals surface area contributed by atoms with Crippen molar-refractivity contribution in [2.45, 2.75) is 20.3 Å². The van der Waals surface area contributed by atoms with E-state index in [1.807, 2.05) is 18.7 Å². The average Bonchev–Trinajstić information content (AvgIpc) is 3.27. The second kappa shape index (κ2) is 5.55. The molecule has 0 N–H and O–H groups in total. The molecule has 0 spiro atoms. The lowest BCUT2D eigenvalue weighted by atomic mass is 10.1. The normalized spacial score (nSPS) is 22.7. The summed E-state index contributed by atoms with van der Waals surface area (Å²) in [5.74, 6) is -0.255. The molecule has 0 bridgehead atoms. The number of hydrogen-bond acceptors (Lipinski definition) is 3. The minimum absolute atomic E-state index is 0.0378. The zero-order chi connectivity index (χ0) is 15.9. The highest BCUT2D eigenvalue weighted by Gasteiger charge is 2.48. The largest absolute Gasteiger partial charge is 0.343 e. The Hall–Kier alpha value is -2.17. The van der Waals surface area contributed by atoms with Gasteiger partial charge in [0, 0.05) is 25.6 Å². The Morgan fingerprint density at radius 3 is 2.18 bits per heavy atom. The zero-order valence-corrected chi connectivity index (χ0v) is 12.9. The summed E-state index contributed by atoms with van der Waals surface area (Å²) in [5.41, 5.74) is 0.944. The van der Waals surface area contributed by atoms with Gasteiger partial charge in [0.25, 0.3) is 11.8 Å². The third kappa shape index (κ3) is 2.30. The second-order valence-corrected chi connectivity index (χ2v) is 5.88. The second-order valence-electron chi connectivity index (χ2n) is 5.88. The predicted molar refractivity (Wildman–Crippen MR) is 81.3 cm³/mol. The van der Waals surface area contributed by atoms with Crippen molar-refractivity contribution < 1.29 is 14.4 Å². The van der Waals surface area contributed by atoms with Gasteiger partial charge in [-0.05, 0) is 38.3 Å². The summed E-state index contributed by atoms with van der Waals surface area (Å²) < 4.78 is 0. The van der Waals surface area contributed by atoms with Gasteiger partial charge in [0.05, 0.1) is 11.1 Å². The molecule has 2 aliphatic rings. The van der Waals surface area contributed by atoms with Crippen LogP contribution >= 0.6 is 0 Å². The molecule has 22 heavy (non-hydrogen) atoms. The van der Waals surface area contributed by atoms with Crippen molar-refractivity contribution in [3.63, 3.8) is 0 Å². The van der Waals surface area contributed by atoms with Crippen LogP contribution in [0.1, 0.15) is 41.0 Å². The summed E-state index contributed by atoms with van der Waals surface area (Å²) in [6.45, 7) is 5.67. The van der Waals surface area contributed by atoms with E-state index in [1.54, 1.807) is 24.3 Å². The zero-order valence-electron chi connectivity index (χ0n) is 12.9. The summed E-state index contributed by atoms with van der Waals surface area (Å²) in [6, 6.07) is 6.89. The molecule has 0 aromatic heterocycles. The van der Waals surface area contributed by atoms with E-state index in [4.69, 9.17) is 0 Å². The van der Waals surface area contributed by atoms with E-state index in [2.05, 4.69) is 0 Å². The Balaban J connectivity index is 1.66. The van der Waals surface area contributed by atoms with E-state index in [0.717, 1.165) is 6.42 Å². The van der Waals surface area contributed by atoms with Gasteiger partial charge in [0.2, 0.25) is 5.91 Å². The Kier molecular flexibility index (Phi) is 3.72. The van der Waals surface area contributed by atoms with Crippen LogP contribution in [0.5, 0.6) is 0 Å². The smallest absolute Gasteiger partial charge is 0.261 e. The van der Waals surface area contributed by atoms with Gasteiger partial charge in [0.1, 0.15) is 0 Å². The summed E-state index contributed by atoms with van der Waals surface area (Å²) in [6.07, 6.45) is 0.767. The molecule has 1 aromatic rings. The lowest BCUT2D eigenvalue weighted by molar-refractivity contribution is -0.132. The molecule has 5 heteroatoms. The number of imide groups is 1. The SMILES string of the molecule is CCN(CC)C(=O)C1CC1CN1C(=O)c2ccccc2C1=O. The molecule has 1 saturated carbocycles. The van der Waals surface area contributed by atoms with Crippen molar-refractivity contribution in [3.05, 3.63) is 35.4 Å². The van der Waals surface area contributed by atoms with Crippen LogP contribution in [0.4, 0.5) is 0 Å². The van der Waals surface area contributed by atoms with Gasteiger partial charge in [-0.25, -0.2) is 0 Å². The summed E-state index contributed by atoms with van der Waals surface area (Å²) in [4.78, 5) is 40.0. The van der Waals surface area contributed by atoms with Crippen molar-refractivity contribution >= 4 is 17.7 Å². The van der Waals surface area contributed by atoms with E-state index in [1.165, 1.54) is 4.90 Å². The molecule has 1 heterocycles. The highest BCUT2D eigenvalue weighted by atomic mass is 16.2. The van der Waals surface area contributed by atoms with Gasteiger partial charge in [-0.15, -0.1) is 0 Å². The van der Waals surface area contributed by atoms with E-state index >= 15 is 0 Å². The first-order valence-corrected chi connectivity index (χ1v) is 7.82. The van der Waals surface area contributed by atoms with Crippen LogP contribution in [0.2, 0.25) is 0 Å². The van der Waals surface area contributed by atoms with Gasteiger partial charge < -0.3 is 4.90 Å². The summed E-state index contributed by atoms with van der Waals surface area (Å²) in [7, 11) is 0. The Labute approximate surface area is 129 Å². The number of carbonyl (C=O) groups excluding carboxylic acids is 3. The molecular formula is C17H20N2O3. The molecule has 0 radical (unpaired) electrons. The van der Waals surface area contributed by atoms with Gasteiger partial charge >= 0.3 is 0 Å². The predicted octanol–water partition coefficient (Wildman–Crippen LogP) is 1.79. The van der Waals surface area contributed by atoms with Gasteiger partial charge in [-0.2, -0.15) is 0 Å². The van der Waals surface area contributed by atoms with Crippen molar-refractivity contribution in [1.29, 1.82) is 0 Å². The van der Waals surface area contributed by atoms with E-state index in [9.17, 15) is 14.4 Å². The van der Waals surface area contributed by atoms with Crippen LogP contribution in [0.3, 0.4) is 0 Å². The molecule has 3 rings (SSSR count). The standard InChI is InChI=1S/C17H20N2O3/c1-3-18(4-2)15(20)14-9-11(14)10-19-16(21)12-7-5-6-8-13(12)17(19)22/h5-8,11,14H,3-4,9-10H2,1-2H3. The number of rotatable bonds is 5. The molecule has 2 unspecified atom stereocenters. The maximum Gasteiger partial charge on any atom is 0.261 e. The Morgan fingerprint density at radius 2 is 1.68 bits per heavy atom. The highest BCUT2D eigenvalue weighted by Crippen LogP contribution is 2.41. The van der Waals surface area contributed by atoms with Gasteiger partial charge in [-0.1, -0.05) is 12.1 Å². The molecule has 1 aliphatic heterocycles. The highest BCUT2D eigenvalue weighted by molar-refractivity contribution is 6.21. The summed E-state index contributed by atoms with van der Waals surface area (Å²) >= 11 is 0. The lowest BCUT2D eigenvalue weighted by Gasteiger charge is -2.19. The minimum Gasteiger partial charge on any atom is -0.343 e. The maximum atomic E-state index is 12.3. The first-order valence-electron chi connectivity index (χ1n) is 7.82. The molecule has 0 saturated heterocycles. The topological polar surface area (TPSA) is 57.7 Å². The molecule has 5 nitrogen and oxygen atoms in total. The average molecular weight is 300 g/mol. The van der Waals surface area contributed by atoms with Crippen molar-refractivity contribution in [2.24, 2.45) is 11.8 Å². The Bertz CT molecular complexity index is 602. The quantitative estimate of drug-likeness (QED) is 0.779. The van der Waals surface area contributed by atoms with Crippen molar-refractivity contribution in [1.82, 2.24) is 9.80 Å². The monoisotopic (exact) mass is 300 g/mol. The van der Waals surface area contributed by atoms with E-state index in [0.29, 0.717) is 30.8 Å². The molecule has 2 atom stereocenters. The molecular weight excluding hydrogens is 280 g/mol. The number of fused-ring (bicyclic) bond motifs is 1. The number of amides is 3. The van der Waals surface area contributed by atoms with Gasteiger partial charge in [0.15, 0.2) is 0 Å². The molecule has 1 fully saturated rings. The van der Waals surface area contributed by atoms with Crippen molar-refractivity contribution in [3.8, 4) is 0 Å². The number of nitrogens with zero attached hydrogens (tertiary/aromatic N) is 2. The number of carbonyl (C=O) groups is 3. The molecule has 1 aliphatic carbocycles. The fourth-order valence-corrected chi connectivity index (χ4v) is 3.16. The van der Waals surface area contributed by atoms with Crippen LogP contribution in [0.15, 0.2) is 24.3 Å². The fraction of sp³-hybridized carbons (Fsp3) is 0.471. The summed E-state index contributed by atoms with van der Waals surface area (Å²) in [5, 5.41) is 0. The van der Waals surface area contributed by atoms with Crippen LogP contribution < -0.4 is 0 Å². The number of benzene rings is 1. The Morgan fingerprint density at radius 1 is 1.14 bits per heavy atom. The number of hydrogen-bond donors (Lipinski definition) is 0. The third-order valence-electron chi connectivity index (χ3n) is 4.61. The first kappa shape index (κ1) is 14.8. The van der Waals surface area contributed by atoms with Crippen LogP contribution in [-0.2, 0) is 4.79 Å². The third-order valence-corrected chi connectivity index (χ3v) is 4.61. The molecule has 116 valence electrons. The maximum absolute atomic E-state index is 12.3. The van der Waals surface area contributed by atoms with Crippen LogP contribution in [-0.4, -0.2) is 47.2 Å².